The van der Waals surface area contributed by atoms with Gasteiger partial charge in [0.2, 0.25) is 0 Å². The Kier molecular flexibility index (Phi) is 64.7. The molecule has 0 heterocycles. The molecule has 0 aliphatic rings. The molecule has 0 bridgehead atoms. The average molecular weight is 801 g/mol. The summed E-state index contributed by atoms with van der Waals surface area (Å²) >= 11 is 0. The summed E-state index contributed by atoms with van der Waals surface area (Å²) in [6.07, 6.45) is 0. The first-order chi connectivity index (χ1) is 8.83. The van der Waals surface area contributed by atoms with Crippen LogP contribution in [0, 0.1) is 0 Å². The average Bonchev–Trinajstić information content (AvgIpc) is 2.14. The molecule has 0 saturated heterocycles. The Labute approximate surface area is 233 Å². The van der Waals surface area contributed by atoms with E-state index in [-0.39, 0.29) is 111 Å². The molecular weight excluding hydrogens is 766 g/mol. The van der Waals surface area contributed by atoms with Gasteiger partial charge in [-0.2, -0.15) is 0 Å². The van der Waals surface area contributed by atoms with Gasteiger partial charge in [0.05, 0.1) is 17.0 Å². The van der Waals surface area contributed by atoms with Gasteiger partial charge in [0.25, 0.3) is 0 Å². The summed E-state index contributed by atoms with van der Waals surface area (Å²) in [5.41, 5.74) is -1.60. The van der Waals surface area contributed by atoms with Gasteiger partial charge in [-0.1, -0.05) is 41.5 Å². The van der Waals surface area contributed by atoms with E-state index < -0.39 is 39.8 Å². The predicted octanol–water partition coefficient (Wildman–Crippen LogP) is 2.26. The van der Waals surface area contributed by atoms with E-state index in [0.29, 0.717) is 0 Å². The van der Waals surface area contributed by atoms with Gasteiger partial charge in [0.15, 0.2) is 0 Å². The van der Waals surface area contributed by atoms with Gasteiger partial charge in [-0.05, 0) is 0 Å². The fraction of sp³-hybridized carbons (Fsp3) is 1.00. The van der Waals surface area contributed by atoms with E-state index in [1.807, 2.05) is 0 Å². The first kappa shape index (κ1) is 63.4. The van der Waals surface area contributed by atoms with Crippen molar-refractivity contribution in [1.29, 1.82) is 0 Å². The van der Waals surface area contributed by atoms with Crippen LogP contribution in [0.1, 0.15) is 41.5 Å². The largest absolute Gasteiger partial charge is 0 e. The molecule has 0 aromatic rings. The number of hydrogen-bond acceptors (Lipinski definition) is 3. The molecular formula is C9H35Cl5O9P3Sb2. The summed E-state index contributed by atoms with van der Waals surface area (Å²) in [6, 6.07) is 0. The maximum Gasteiger partial charge on any atom is 0 e. The molecule has 185 valence electrons. The van der Waals surface area contributed by atoms with Crippen LogP contribution in [-0.2, 0) is 13.7 Å². The Morgan fingerprint density at radius 2 is 0.500 bits per heavy atom. The minimum atomic E-state index is -3.74. The van der Waals surface area contributed by atoms with Crippen LogP contribution in [-0.4, -0.2) is 95.2 Å². The molecule has 0 aromatic carbocycles. The van der Waals surface area contributed by atoms with Gasteiger partial charge in [-0.3, -0.25) is 13.7 Å². The Hall–Kier alpha value is 3.54. The normalized spacial score (nSPS) is 9.54. The summed E-state index contributed by atoms with van der Waals surface area (Å²) in [6.45, 7) is 8.92. The van der Waals surface area contributed by atoms with E-state index >= 15 is 0 Å². The van der Waals surface area contributed by atoms with Crippen LogP contribution in [0.3, 0.4) is 0 Å². The third-order valence-electron chi connectivity index (χ3n) is 2.02. The van der Waals surface area contributed by atoms with Crippen molar-refractivity contribution in [1.82, 2.24) is 0 Å². The molecule has 0 aromatic heterocycles. The minimum absolute atomic E-state index is 0. The van der Waals surface area contributed by atoms with Crippen molar-refractivity contribution in [2.75, 3.05) is 0 Å². The molecule has 0 unspecified atom stereocenters. The SMILES string of the molecule is CC(C)P(=O)(O)O.CC(C)P(=O)(O)O.CC(C)P(=O)(O)O.Cl.Cl.Cl.Cl.Cl.[SbH3].[Sb]. The first-order valence-electron chi connectivity index (χ1n) is 5.99. The topological polar surface area (TPSA) is 173 Å². The van der Waals surface area contributed by atoms with Crippen molar-refractivity contribution in [3.05, 3.63) is 0 Å². The molecule has 9 nitrogen and oxygen atoms in total. The fourth-order valence-corrected chi connectivity index (χ4v) is 0. The fourth-order valence-electron chi connectivity index (χ4n) is 0. The van der Waals surface area contributed by atoms with Crippen LogP contribution in [0.25, 0.3) is 0 Å². The van der Waals surface area contributed by atoms with Gasteiger partial charge < -0.3 is 29.4 Å². The van der Waals surface area contributed by atoms with Crippen molar-refractivity contribution in [3.63, 3.8) is 0 Å². The molecule has 0 aliphatic heterocycles. The van der Waals surface area contributed by atoms with Crippen LogP contribution in [0.15, 0.2) is 0 Å². The summed E-state index contributed by atoms with van der Waals surface area (Å²) in [7, 11) is -11.2. The molecule has 0 fully saturated rings. The van der Waals surface area contributed by atoms with E-state index in [9.17, 15) is 13.7 Å². The van der Waals surface area contributed by atoms with E-state index in [0.717, 1.165) is 0 Å². The molecule has 0 aliphatic carbocycles. The second kappa shape index (κ2) is 28.6. The first-order valence-corrected chi connectivity index (χ1v) is 11.0. The number of hydrogen-bond donors (Lipinski definition) is 6. The smallest absolute Gasteiger partial charge is 0 e. The molecule has 0 amide bonds. The molecule has 0 atom stereocenters. The predicted molar refractivity (Wildman–Crippen MR) is 133 cm³/mol. The van der Waals surface area contributed by atoms with Gasteiger partial charge in [-0.15, -0.1) is 62.0 Å². The van der Waals surface area contributed by atoms with Crippen LogP contribution in [0.4, 0.5) is 0 Å². The van der Waals surface area contributed by atoms with E-state index in [1.54, 1.807) is 0 Å². The maximum absolute atomic E-state index is 10.0. The maximum atomic E-state index is 10.0. The summed E-state index contributed by atoms with van der Waals surface area (Å²) in [4.78, 5) is 49.2. The molecule has 28 heavy (non-hydrogen) atoms. The van der Waals surface area contributed by atoms with Crippen LogP contribution >= 0.6 is 84.8 Å². The molecule has 0 rings (SSSR count). The summed E-state index contributed by atoms with van der Waals surface area (Å²) in [5, 5.41) is 0. The second-order valence-electron chi connectivity index (χ2n) is 5.05. The van der Waals surface area contributed by atoms with Gasteiger partial charge in [0.1, 0.15) is 0 Å². The Bertz CT molecular complexity index is 368. The monoisotopic (exact) mass is 797 g/mol. The zero-order valence-electron chi connectivity index (χ0n) is 16.2. The summed E-state index contributed by atoms with van der Waals surface area (Å²) in [5.74, 6) is 0. The van der Waals surface area contributed by atoms with Crippen molar-refractivity contribution >= 4 is 134 Å². The second-order valence-corrected chi connectivity index (χ2v) is 11.7. The van der Waals surface area contributed by atoms with Crippen molar-refractivity contribution in [3.8, 4) is 0 Å². The zero-order chi connectivity index (χ0) is 18.2. The third-order valence-corrected chi connectivity index (χ3v) is 6.05. The van der Waals surface area contributed by atoms with Crippen molar-refractivity contribution < 1.29 is 43.1 Å². The molecule has 19 heteroatoms. The Morgan fingerprint density at radius 1 is 0.464 bits per heavy atom. The van der Waals surface area contributed by atoms with Crippen molar-refractivity contribution in [2.24, 2.45) is 0 Å². The van der Waals surface area contributed by atoms with Gasteiger partial charge in [0, 0.05) is 24.4 Å². The van der Waals surface area contributed by atoms with Crippen LogP contribution in [0.2, 0.25) is 0 Å². The number of halogens is 5. The van der Waals surface area contributed by atoms with Gasteiger partial charge >= 0.3 is 47.2 Å². The molecule has 3 radical (unpaired) electrons. The molecule has 6 N–H and O–H groups in total. The molecule has 0 saturated carbocycles. The van der Waals surface area contributed by atoms with Crippen molar-refractivity contribution in [2.45, 2.75) is 58.5 Å². The van der Waals surface area contributed by atoms with Gasteiger partial charge in [-0.25, -0.2) is 0 Å². The van der Waals surface area contributed by atoms with Crippen LogP contribution in [0.5, 0.6) is 0 Å². The van der Waals surface area contributed by atoms with Crippen LogP contribution < -0.4 is 0 Å². The minimum Gasteiger partial charge on any atom is 0 e. The standard InChI is InChI=1S/3C3H9O3P.5ClH.2Sb.3H/c3*1-3(2)7(4,5)6;;;;;;;;;;/h3*3H,1-2H3,(H2,4,5,6);5*1H;;;;;. The quantitative estimate of drug-likeness (QED) is 0.185. The van der Waals surface area contributed by atoms with E-state index in [2.05, 4.69) is 0 Å². The Morgan fingerprint density at radius 3 is 0.500 bits per heavy atom. The Balaban J connectivity index is -0.0000000193. The van der Waals surface area contributed by atoms with E-state index in [4.69, 9.17) is 29.4 Å². The number of rotatable bonds is 3. The molecule has 0 spiro atoms. The summed E-state index contributed by atoms with van der Waals surface area (Å²) < 4.78 is 30.1. The van der Waals surface area contributed by atoms with E-state index in [1.165, 1.54) is 41.5 Å². The third kappa shape index (κ3) is 51.9. The zero-order valence-corrected chi connectivity index (χ0v) is 29.5.